The third kappa shape index (κ3) is 2.93. The van der Waals surface area contributed by atoms with Gasteiger partial charge in [-0.25, -0.2) is 0 Å². The topological polar surface area (TPSA) is 72.3 Å². The van der Waals surface area contributed by atoms with Crippen molar-refractivity contribution in [3.8, 4) is 17.6 Å². The second kappa shape index (κ2) is 4.50. The van der Waals surface area contributed by atoms with E-state index in [0.29, 0.717) is 16.9 Å². The SMILES string of the molecule is Nc1cccc(C#Cc2cc(N)cc(O)c2)c1. The normalized spacial score (nSPS) is 9.41. The molecule has 84 valence electrons. The molecule has 2 aromatic rings. The van der Waals surface area contributed by atoms with E-state index in [4.69, 9.17) is 11.5 Å². The van der Waals surface area contributed by atoms with Gasteiger partial charge in [-0.15, -0.1) is 0 Å². The van der Waals surface area contributed by atoms with Crippen LogP contribution in [-0.4, -0.2) is 5.11 Å². The molecule has 0 fully saturated rings. The summed E-state index contributed by atoms with van der Waals surface area (Å²) in [5, 5.41) is 9.37. The Bertz CT molecular complexity index is 589. The van der Waals surface area contributed by atoms with Gasteiger partial charge in [-0.1, -0.05) is 17.9 Å². The van der Waals surface area contributed by atoms with Crippen molar-refractivity contribution in [2.24, 2.45) is 0 Å². The minimum atomic E-state index is 0.113. The Morgan fingerprint density at radius 1 is 0.824 bits per heavy atom. The molecule has 0 aromatic heterocycles. The number of hydrogen-bond acceptors (Lipinski definition) is 3. The fourth-order valence-electron chi connectivity index (χ4n) is 1.47. The first-order valence-electron chi connectivity index (χ1n) is 5.10. The molecule has 0 aliphatic carbocycles. The van der Waals surface area contributed by atoms with Gasteiger partial charge in [0.1, 0.15) is 5.75 Å². The highest BCUT2D eigenvalue weighted by Gasteiger charge is 1.94. The molecule has 3 heteroatoms. The zero-order chi connectivity index (χ0) is 12.3. The van der Waals surface area contributed by atoms with Gasteiger partial charge in [-0.2, -0.15) is 0 Å². The molecule has 3 nitrogen and oxygen atoms in total. The van der Waals surface area contributed by atoms with Crippen molar-refractivity contribution >= 4 is 11.4 Å². The van der Waals surface area contributed by atoms with Crippen LogP contribution in [0.2, 0.25) is 0 Å². The van der Waals surface area contributed by atoms with Crippen LogP contribution in [0.5, 0.6) is 5.75 Å². The Hall–Kier alpha value is -2.60. The lowest BCUT2D eigenvalue weighted by Gasteiger charge is -1.97. The quantitative estimate of drug-likeness (QED) is 0.473. The summed E-state index contributed by atoms with van der Waals surface area (Å²) in [4.78, 5) is 0. The molecule has 2 rings (SSSR count). The molecular formula is C14H12N2O. The van der Waals surface area contributed by atoms with Crippen molar-refractivity contribution in [2.45, 2.75) is 0 Å². The molecule has 0 atom stereocenters. The minimum Gasteiger partial charge on any atom is -0.508 e. The predicted molar refractivity (Wildman–Crippen MR) is 69.4 cm³/mol. The van der Waals surface area contributed by atoms with Gasteiger partial charge in [0.25, 0.3) is 0 Å². The lowest BCUT2D eigenvalue weighted by Crippen LogP contribution is -1.86. The molecule has 0 aliphatic heterocycles. The van der Waals surface area contributed by atoms with Crippen LogP contribution in [0, 0.1) is 11.8 Å². The van der Waals surface area contributed by atoms with Crippen molar-refractivity contribution in [1.29, 1.82) is 0 Å². The van der Waals surface area contributed by atoms with E-state index < -0.39 is 0 Å². The van der Waals surface area contributed by atoms with Gasteiger partial charge in [0.2, 0.25) is 0 Å². The monoisotopic (exact) mass is 224 g/mol. The molecule has 0 bridgehead atoms. The highest BCUT2D eigenvalue weighted by molar-refractivity contribution is 5.55. The first-order chi connectivity index (χ1) is 8.13. The average Bonchev–Trinajstić information content (AvgIpc) is 2.25. The van der Waals surface area contributed by atoms with Crippen LogP contribution in [0.1, 0.15) is 11.1 Å². The summed E-state index contributed by atoms with van der Waals surface area (Å²) in [7, 11) is 0. The molecule has 0 saturated carbocycles. The van der Waals surface area contributed by atoms with E-state index >= 15 is 0 Å². The summed E-state index contributed by atoms with van der Waals surface area (Å²) < 4.78 is 0. The van der Waals surface area contributed by atoms with Crippen molar-refractivity contribution in [3.63, 3.8) is 0 Å². The van der Waals surface area contributed by atoms with E-state index in [0.717, 1.165) is 5.56 Å². The Kier molecular flexibility index (Phi) is 2.89. The summed E-state index contributed by atoms with van der Waals surface area (Å²) >= 11 is 0. The van der Waals surface area contributed by atoms with Gasteiger partial charge < -0.3 is 16.6 Å². The van der Waals surface area contributed by atoms with E-state index in [1.165, 1.54) is 6.07 Å². The number of rotatable bonds is 0. The van der Waals surface area contributed by atoms with E-state index in [2.05, 4.69) is 11.8 Å². The van der Waals surface area contributed by atoms with Gasteiger partial charge in [0.05, 0.1) is 0 Å². The summed E-state index contributed by atoms with van der Waals surface area (Å²) in [5.74, 6) is 6.00. The maximum atomic E-state index is 9.37. The fourth-order valence-corrected chi connectivity index (χ4v) is 1.47. The van der Waals surface area contributed by atoms with E-state index in [-0.39, 0.29) is 5.75 Å². The third-order valence-corrected chi connectivity index (χ3v) is 2.18. The van der Waals surface area contributed by atoms with Crippen molar-refractivity contribution in [3.05, 3.63) is 53.6 Å². The Labute approximate surface area is 99.7 Å². The Morgan fingerprint density at radius 3 is 2.24 bits per heavy atom. The predicted octanol–water partition coefficient (Wildman–Crippen LogP) is 1.96. The van der Waals surface area contributed by atoms with Gasteiger partial charge in [-0.3, -0.25) is 0 Å². The van der Waals surface area contributed by atoms with Crippen LogP contribution < -0.4 is 11.5 Å². The second-order valence-corrected chi connectivity index (χ2v) is 3.69. The molecule has 5 N–H and O–H groups in total. The molecule has 0 spiro atoms. The third-order valence-electron chi connectivity index (χ3n) is 2.18. The fraction of sp³-hybridized carbons (Fsp3) is 0. The summed E-state index contributed by atoms with van der Waals surface area (Å²) in [5.41, 5.74) is 13.9. The van der Waals surface area contributed by atoms with Crippen LogP contribution in [0.25, 0.3) is 0 Å². The van der Waals surface area contributed by atoms with E-state index in [1.807, 2.05) is 12.1 Å². The van der Waals surface area contributed by atoms with Gasteiger partial charge in [-0.05, 0) is 30.3 Å². The minimum absolute atomic E-state index is 0.113. The largest absolute Gasteiger partial charge is 0.508 e. The smallest absolute Gasteiger partial charge is 0.118 e. The van der Waals surface area contributed by atoms with Crippen LogP contribution in [0.3, 0.4) is 0 Å². The molecule has 0 amide bonds. The first kappa shape index (κ1) is 10.9. The van der Waals surface area contributed by atoms with Crippen molar-refractivity contribution in [1.82, 2.24) is 0 Å². The van der Waals surface area contributed by atoms with E-state index in [9.17, 15) is 5.11 Å². The molecule has 0 radical (unpaired) electrons. The molecule has 2 aromatic carbocycles. The first-order valence-corrected chi connectivity index (χ1v) is 5.10. The highest BCUT2D eigenvalue weighted by atomic mass is 16.3. The maximum Gasteiger partial charge on any atom is 0.118 e. The molecule has 17 heavy (non-hydrogen) atoms. The number of phenolic OH excluding ortho intramolecular Hbond substituents is 1. The molecule has 0 saturated heterocycles. The molecule has 0 heterocycles. The zero-order valence-electron chi connectivity index (χ0n) is 9.14. The summed E-state index contributed by atoms with van der Waals surface area (Å²) in [6, 6.07) is 12.1. The van der Waals surface area contributed by atoms with Crippen LogP contribution >= 0.6 is 0 Å². The number of anilines is 2. The summed E-state index contributed by atoms with van der Waals surface area (Å²) in [6.07, 6.45) is 0. The average molecular weight is 224 g/mol. The van der Waals surface area contributed by atoms with Crippen LogP contribution in [0.15, 0.2) is 42.5 Å². The number of aromatic hydroxyl groups is 1. The highest BCUT2D eigenvalue weighted by Crippen LogP contribution is 2.16. The lowest BCUT2D eigenvalue weighted by molar-refractivity contribution is 0.475. The van der Waals surface area contributed by atoms with Gasteiger partial charge in [0, 0.05) is 28.6 Å². The number of phenols is 1. The van der Waals surface area contributed by atoms with Gasteiger partial charge >= 0.3 is 0 Å². The van der Waals surface area contributed by atoms with Crippen molar-refractivity contribution < 1.29 is 5.11 Å². The van der Waals surface area contributed by atoms with Crippen LogP contribution in [0.4, 0.5) is 11.4 Å². The molecule has 0 unspecified atom stereocenters. The Balaban J connectivity index is 2.32. The molecular weight excluding hydrogens is 212 g/mol. The standard InChI is InChI=1S/C14H12N2O/c15-12-3-1-2-10(6-12)4-5-11-7-13(16)9-14(17)8-11/h1-3,6-9,17H,15-16H2. The lowest BCUT2D eigenvalue weighted by atomic mass is 10.1. The Morgan fingerprint density at radius 2 is 1.53 bits per heavy atom. The number of benzene rings is 2. The second-order valence-electron chi connectivity index (χ2n) is 3.69. The zero-order valence-corrected chi connectivity index (χ0v) is 9.14. The number of hydrogen-bond donors (Lipinski definition) is 3. The van der Waals surface area contributed by atoms with E-state index in [1.54, 1.807) is 24.3 Å². The number of nitrogens with two attached hydrogens (primary N) is 2. The van der Waals surface area contributed by atoms with Gasteiger partial charge in [0.15, 0.2) is 0 Å². The maximum absolute atomic E-state index is 9.37. The van der Waals surface area contributed by atoms with Crippen LogP contribution in [-0.2, 0) is 0 Å². The van der Waals surface area contributed by atoms with Crippen molar-refractivity contribution in [2.75, 3.05) is 11.5 Å². The molecule has 0 aliphatic rings. The number of nitrogen functional groups attached to an aromatic ring is 2. The summed E-state index contributed by atoms with van der Waals surface area (Å²) in [6.45, 7) is 0.